The third kappa shape index (κ3) is 6.20. The number of rotatable bonds is 9. The van der Waals surface area contributed by atoms with Crippen molar-refractivity contribution < 1.29 is 14.3 Å². The van der Waals surface area contributed by atoms with E-state index < -0.39 is 0 Å². The molecule has 1 aliphatic heterocycles. The van der Waals surface area contributed by atoms with Crippen LogP contribution in [0.15, 0.2) is 36.4 Å². The largest absolute Gasteiger partial charge is 0.492 e. The van der Waals surface area contributed by atoms with Crippen molar-refractivity contribution in [3.8, 4) is 11.5 Å². The van der Waals surface area contributed by atoms with Crippen LogP contribution in [-0.4, -0.2) is 68.3 Å². The van der Waals surface area contributed by atoms with Gasteiger partial charge < -0.3 is 19.7 Å². The molecule has 33 heavy (non-hydrogen) atoms. The molecule has 0 unspecified atom stereocenters. The maximum Gasteiger partial charge on any atom is 0.257 e. The van der Waals surface area contributed by atoms with Crippen molar-refractivity contribution in [2.45, 2.75) is 6.92 Å². The SMILES string of the molecule is CCOc1cccc2sc(N3CCN(CCNC(=O)COc4ccc(Cl)cc4Cl)CC3)nc12. The molecule has 4 rings (SSSR count). The molecule has 1 aliphatic rings. The Labute approximate surface area is 207 Å². The van der Waals surface area contributed by atoms with E-state index in [1.54, 1.807) is 29.5 Å². The first kappa shape index (κ1) is 23.9. The zero-order valence-corrected chi connectivity index (χ0v) is 20.7. The molecule has 1 aromatic heterocycles. The van der Waals surface area contributed by atoms with Crippen molar-refractivity contribution in [3.05, 3.63) is 46.4 Å². The lowest BCUT2D eigenvalue weighted by atomic mass is 10.3. The number of anilines is 1. The maximum absolute atomic E-state index is 12.1. The number of piperazine rings is 1. The summed E-state index contributed by atoms with van der Waals surface area (Å²) in [6.45, 7) is 7.51. The van der Waals surface area contributed by atoms with E-state index >= 15 is 0 Å². The molecule has 0 radical (unpaired) electrons. The highest BCUT2D eigenvalue weighted by Crippen LogP contribution is 2.34. The van der Waals surface area contributed by atoms with E-state index in [9.17, 15) is 4.79 Å². The molecule has 0 atom stereocenters. The van der Waals surface area contributed by atoms with E-state index in [2.05, 4.69) is 21.2 Å². The Kier molecular flexibility index (Phi) is 8.14. The standard InChI is InChI=1S/C23H26Cl2N4O3S/c1-2-31-19-4-3-5-20-22(19)27-23(33-20)29-12-10-28(11-13-29)9-8-26-21(30)15-32-18-7-6-16(24)14-17(18)25/h3-7,14H,2,8-13,15H2,1H3,(H,26,30). The summed E-state index contributed by atoms with van der Waals surface area (Å²) < 4.78 is 12.3. The van der Waals surface area contributed by atoms with Crippen LogP contribution in [-0.2, 0) is 4.79 Å². The molecule has 2 aromatic carbocycles. The predicted molar refractivity (Wildman–Crippen MR) is 134 cm³/mol. The Hall–Kier alpha value is -2.26. The maximum atomic E-state index is 12.1. The Morgan fingerprint density at radius 3 is 2.70 bits per heavy atom. The molecule has 0 aliphatic carbocycles. The van der Waals surface area contributed by atoms with Gasteiger partial charge in [0.1, 0.15) is 17.0 Å². The van der Waals surface area contributed by atoms with Crippen LogP contribution in [0.2, 0.25) is 10.0 Å². The summed E-state index contributed by atoms with van der Waals surface area (Å²) in [6, 6.07) is 11.0. The van der Waals surface area contributed by atoms with Crippen molar-refractivity contribution >= 4 is 55.8 Å². The molecule has 7 nitrogen and oxygen atoms in total. The second kappa shape index (κ2) is 11.2. The highest BCUT2D eigenvalue weighted by molar-refractivity contribution is 7.22. The van der Waals surface area contributed by atoms with Crippen LogP contribution in [0.5, 0.6) is 11.5 Å². The highest BCUT2D eigenvalue weighted by Gasteiger charge is 2.20. The van der Waals surface area contributed by atoms with Crippen LogP contribution in [0.4, 0.5) is 5.13 Å². The summed E-state index contributed by atoms with van der Waals surface area (Å²) in [5.74, 6) is 1.10. The van der Waals surface area contributed by atoms with Gasteiger partial charge in [-0.3, -0.25) is 9.69 Å². The van der Waals surface area contributed by atoms with E-state index in [1.807, 2.05) is 19.1 Å². The van der Waals surface area contributed by atoms with Crippen LogP contribution in [0.1, 0.15) is 6.92 Å². The number of hydrogen-bond acceptors (Lipinski definition) is 7. The average molecular weight is 509 g/mol. The van der Waals surface area contributed by atoms with E-state index in [0.717, 1.165) is 53.8 Å². The summed E-state index contributed by atoms with van der Waals surface area (Å²) >= 11 is 13.6. The number of fused-ring (bicyclic) bond motifs is 1. The number of carbonyl (C=O) groups excluding carboxylic acids is 1. The predicted octanol–water partition coefficient (Wildman–Crippen LogP) is 4.32. The quantitative estimate of drug-likeness (QED) is 0.464. The van der Waals surface area contributed by atoms with Gasteiger partial charge in [-0.2, -0.15) is 0 Å². The fraction of sp³-hybridized carbons (Fsp3) is 0.391. The molecule has 1 amide bonds. The first-order valence-electron chi connectivity index (χ1n) is 10.9. The van der Waals surface area contributed by atoms with Crippen molar-refractivity contribution in [2.24, 2.45) is 0 Å². The van der Waals surface area contributed by atoms with Gasteiger partial charge in [0.15, 0.2) is 11.7 Å². The van der Waals surface area contributed by atoms with Gasteiger partial charge in [0.2, 0.25) is 0 Å². The Morgan fingerprint density at radius 1 is 1.12 bits per heavy atom. The van der Waals surface area contributed by atoms with Crippen LogP contribution in [0, 0.1) is 0 Å². The van der Waals surface area contributed by atoms with E-state index in [0.29, 0.717) is 28.9 Å². The molecule has 0 bridgehead atoms. The summed E-state index contributed by atoms with van der Waals surface area (Å²) in [6.07, 6.45) is 0. The van der Waals surface area contributed by atoms with Crippen molar-refractivity contribution in [3.63, 3.8) is 0 Å². The van der Waals surface area contributed by atoms with E-state index in [1.165, 1.54) is 0 Å². The first-order valence-corrected chi connectivity index (χ1v) is 12.4. The van der Waals surface area contributed by atoms with Crippen LogP contribution in [0.3, 0.4) is 0 Å². The number of ether oxygens (including phenoxy) is 2. The molecule has 3 aromatic rings. The highest BCUT2D eigenvalue weighted by atomic mass is 35.5. The number of para-hydroxylation sites is 1. The van der Waals surface area contributed by atoms with Crippen LogP contribution >= 0.6 is 34.5 Å². The molecular formula is C23H26Cl2N4O3S. The number of thiazole rings is 1. The van der Waals surface area contributed by atoms with Gasteiger partial charge in [-0.15, -0.1) is 0 Å². The minimum atomic E-state index is -0.181. The topological polar surface area (TPSA) is 66.9 Å². The minimum Gasteiger partial charge on any atom is -0.492 e. The van der Waals surface area contributed by atoms with Gasteiger partial charge in [0, 0.05) is 44.3 Å². The van der Waals surface area contributed by atoms with Crippen LogP contribution in [0.25, 0.3) is 10.2 Å². The minimum absolute atomic E-state index is 0.0868. The lowest BCUT2D eigenvalue weighted by molar-refractivity contribution is -0.123. The normalized spacial score (nSPS) is 14.5. The molecule has 0 spiro atoms. The zero-order chi connectivity index (χ0) is 23.2. The van der Waals surface area contributed by atoms with Gasteiger partial charge in [-0.05, 0) is 37.3 Å². The van der Waals surface area contributed by atoms with E-state index in [-0.39, 0.29) is 12.5 Å². The fourth-order valence-electron chi connectivity index (χ4n) is 3.62. The fourth-order valence-corrected chi connectivity index (χ4v) is 5.12. The number of halogens is 2. The van der Waals surface area contributed by atoms with Crippen molar-refractivity contribution in [1.82, 2.24) is 15.2 Å². The number of amides is 1. The number of carbonyl (C=O) groups is 1. The molecule has 10 heteroatoms. The molecule has 0 saturated carbocycles. The second-order valence-corrected chi connectivity index (χ2v) is 9.43. The molecule has 176 valence electrons. The van der Waals surface area contributed by atoms with Crippen LogP contribution < -0.4 is 19.7 Å². The third-order valence-electron chi connectivity index (χ3n) is 5.32. The molecule has 1 saturated heterocycles. The molecule has 1 N–H and O–H groups in total. The first-order chi connectivity index (χ1) is 16.0. The smallest absolute Gasteiger partial charge is 0.257 e. The summed E-state index contributed by atoms with van der Waals surface area (Å²) in [7, 11) is 0. The lowest BCUT2D eigenvalue weighted by Gasteiger charge is -2.34. The Morgan fingerprint density at radius 2 is 1.94 bits per heavy atom. The average Bonchev–Trinajstić information content (AvgIpc) is 3.25. The number of nitrogens with one attached hydrogen (secondary N) is 1. The number of nitrogens with zero attached hydrogens (tertiary/aromatic N) is 3. The molecule has 2 heterocycles. The third-order valence-corrected chi connectivity index (χ3v) is 6.93. The van der Waals surface area contributed by atoms with Gasteiger partial charge in [-0.25, -0.2) is 4.98 Å². The van der Waals surface area contributed by atoms with Gasteiger partial charge in [0.25, 0.3) is 5.91 Å². The molecular weight excluding hydrogens is 483 g/mol. The summed E-state index contributed by atoms with van der Waals surface area (Å²) in [4.78, 5) is 21.6. The number of aromatic nitrogens is 1. The summed E-state index contributed by atoms with van der Waals surface area (Å²) in [5.41, 5.74) is 0.937. The van der Waals surface area contributed by atoms with Crippen molar-refractivity contribution in [2.75, 3.05) is 57.4 Å². The van der Waals surface area contributed by atoms with Gasteiger partial charge in [-0.1, -0.05) is 40.6 Å². The molecule has 1 fully saturated rings. The van der Waals surface area contributed by atoms with E-state index in [4.69, 9.17) is 37.7 Å². The Bertz CT molecular complexity index is 1100. The lowest BCUT2D eigenvalue weighted by Crippen LogP contribution is -2.48. The van der Waals surface area contributed by atoms with Gasteiger partial charge in [0.05, 0.1) is 16.3 Å². The zero-order valence-electron chi connectivity index (χ0n) is 18.4. The monoisotopic (exact) mass is 508 g/mol. The number of hydrogen-bond donors (Lipinski definition) is 1. The van der Waals surface area contributed by atoms with Crippen molar-refractivity contribution in [1.29, 1.82) is 0 Å². The Balaban J connectivity index is 1.19. The summed E-state index contributed by atoms with van der Waals surface area (Å²) in [5, 5.41) is 4.84. The second-order valence-electron chi connectivity index (χ2n) is 7.57. The number of benzene rings is 2. The van der Waals surface area contributed by atoms with Gasteiger partial charge >= 0.3 is 0 Å².